The van der Waals surface area contributed by atoms with Gasteiger partial charge in [0.1, 0.15) is 5.92 Å². The fraction of sp³-hybridized carbons (Fsp3) is 0.750. The number of rotatable bonds is 8. The van der Waals surface area contributed by atoms with Gasteiger partial charge in [0, 0.05) is 5.92 Å². The van der Waals surface area contributed by atoms with E-state index in [0.717, 1.165) is 5.57 Å². The summed E-state index contributed by atoms with van der Waals surface area (Å²) >= 11 is 0. The predicted octanol–water partition coefficient (Wildman–Crippen LogP) is 2.48. The van der Waals surface area contributed by atoms with E-state index in [0.29, 0.717) is 6.42 Å². The van der Waals surface area contributed by atoms with Gasteiger partial charge in [-0.3, -0.25) is 14.4 Å². The predicted molar refractivity (Wildman–Crippen MR) is 95.9 cm³/mol. The summed E-state index contributed by atoms with van der Waals surface area (Å²) in [6.45, 7) is 10.9. The van der Waals surface area contributed by atoms with Crippen molar-refractivity contribution >= 4 is 17.3 Å². The van der Waals surface area contributed by atoms with Gasteiger partial charge in [0.25, 0.3) is 0 Å². The Bertz CT molecular complexity index is 556. The first kappa shape index (κ1) is 21.7. The van der Waals surface area contributed by atoms with Gasteiger partial charge in [0.05, 0.1) is 12.0 Å². The molecule has 1 rings (SSSR count). The third-order valence-corrected chi connectivity index (χ3v) is 4.96. The van der Waals surface area contributed by atoms with E-state index in [1.165, 1.54) is 0 Å². The van der Waals surface area contributed by atoms with Crippen LogP contribution in [0.25, 0.3) is 0 Å². The highest BCUT2D eigenvalue weighted by Crippen LogP contribution is 2.41. The van der Waals surface area contributed by atoms with Crippen LogP contribution >= 0.6 is 0 Å². The lowest BCUT2D eigenvalue weighted by atomic mass is 9.79. The molecular formula is C20H32O5. The second-order valence-electron chi connectivity index (χ2n) is 8.14. The van der Waals surface area contributed by atoms with Crippen molar-refractivity contribution in [3.05, 3.63) is 11.6 Å². The topological polar surface area (TPSA) is 91.7 Å². The fourth-order valence-electron chi connectivity index (χ4n) is 3.31. The van der Waals surface area contributed by atoms with Crippen molar-refractivity contribution in [3.63, 3.8) is 0 Å². The zero-order chi connectivity index (χ0) is 19.5. The highest BCUT2D eigenvalue weighted by Gasteiger charge is 2.63. The Kier molecular flexibility index (Phi) is 7.27. The van der Waals surface area contributed by atoms with E-state index in [2.05, 4.69) is 0 Å². The van der Waals surface area contributed by atoms with Crippen molar-refractivity contribution in [1.29, 1.82) is 0 Å². The van der Waals surface area contributed by atoms with E-state index < -0.39 is 46.8 Å². The third kappa shape index (κ3) is 4.45. The van der Waals surface area contributed by atoms with E-state index in [4.69, 9.17) is 0 Å². The van der Waals surface area contributed by atoms with Gasteiger partial charge >= 0.3 is 0 Å². The minimum Gasteiger partial charge on any atom is -0.390 e. The maximum Gasteiger partial charge on any atom is 0.185 e. The van der Waals surface area contributed by atoms with Gasteiger partial charge in [-0.05, 0) is 39.0 Å². The molecule has 4 atom stereocenters. The van der Waals surface area contributed by atoms with Gasteiger partial charge in [-0.15, -0.1) is 0 Å². The van der Waals surface area contributed by atoms with Crippen LogP contribution in [-0.4, -0.2) is 39.3 Å². The molecule has 5 heteroatoms. The van der Waals surface area contributed by atoms with Crippen molar-refractivity contribution in [1.82, 2.24) is 0 Å². The maximum atomic E-state index is 12.9. The van der Waals surface area contributed by atoms with Crippen LogP contribution in [0.2, 0.25) is 0 Å². The quantitative estimate of drug-likeness (QED) is 0.517. The van der Waals surface area contributed by atoms with Crippen molar-refractivity contribution in [2.24, 2.45) is 23.7 Å². The zero-order valence-electron chi connectivity index (χ0n) is 16.2. The smallest absolute Gasteiger partial charge is 0.185 e. The Morgan fingerprint density at radius 2 is 1.72 bits per heavy atom. The molecule has 0 heterocycles. The van der Waals surface area contributed by atoms with Crippen molar-refractivity contribution in [2.45, 2.75) is 72.5 Å². The first-order valence-electron chi connectivity index (χ1n) is 9.10. The Labute approximate surface area is 150 Å². The van der Waals surface area contributed by atoms with Crippen LogP contribution < -0.4 is 0 Å². The first-order chi connectivity index (χ1) is 11.4. The Morgan fingerprint density at radius 3 is 2.16 bits per heavy atom. The number of hydrogen-bond donors (Lipinski definition) is 2. The van der Waals surface area contributed by atoms with E-state index in [1.54, 1.807) is 19.9 Å². The van der Waals surface area contributed by atoms with Gasteiger partial charge < -0.3 is 10.2 Å². The number of carbonyl (C=O) groups excluding carboxylic acids is 3. The van der Waals surface area contributed by atoms with E-state index in [1.807, 2.05) is 27.7 Å². The highest BCUT2D eigenvalue weighted by molar-refractivity contribution is 6.27. The summed E-state index contributed by atoms with van der Waals surface area (Å²) in [5, 5.41) is 21.6. The molecule has 142 valence electrons. The van der Waals surface area contributed by atoms with Gasteiger partial charge in [0.2, 0.25) is 0 Å². The third-order valence-electron chi connectivity index (χ3n) is 4.96. The molecule has 0 aliphatic heterocycles. The van der Waals surface area contributed by atoms with Gasteiger partial charge in [-0.1, -0.05) is 39.3 Å². The molecule has 0 bridgehead atoms. The molecule has 0 aromatic carbocycles. The summed E-state index contributed by atoms with van der Waals surface area (Å²) in [5.41, 5.74) is -1.24. The number of Topliss-reactive ketones (excluding diaryl/α,β-unsaturated/α-hetero) is 3. The lowest BCUT2D eigenvalue weighted by Crippen LogP contribution is -2.52. The maximum absolute atomic E-state index is 12.9. The monoisotopic (exact) mass is 352 g/mol. The second kappa shape index (κ2) is 8.37. The standard InChI is InChI=1S/C20H32O5/c1-11(2)7-9-14-18(23)16(17(22)13(5)6)19(24)20(14,25)15(21)10-8-12(3)4/h7,12-16,21,25H,8-10H2,1-6H3/t14-,15?,16?,20?/m1/s1. The van der Waals surface area contributed by atoms with E-state index in [-0.39, 0.29) is 18.8 Å². The molecular weight excluding hydrogens is 320 g/mol. The second-order valence-corrected chi connectivity index (χ2v) is 8.14. The van der Waals surface area contributed by atoms with Crippen molar-refractivity contribution in [3.8, 4) is 0 Å². The van der Waals surface area contributed by atoms with Crippen LogP contribution in [0, 0.1) is 23.7 Å². The molecule has 1 saturated carbocycles. The van der Waals surface area contributed by atoms with Gasteiger partial charge in [0.15, 0.2) is 23.0 Å². The highest BCUT2D eigenvalue weighted by atomic mass is 16.4. The Hall–Kier alpha value is -1.33. The number of aliphatic hydroxyl groups is 2. The van der Waals surface area contributed by atoms with Crippen LogP contribution in [-0.2, 0) is 14.4 Å². The summed E-state index contributed by atoms with van der Waals surface area (Å²) in [6.07, 6.45) is 1.37. The van der Waals surface area contributed by atoms with E-state index >= 15 is 0 Å². The van der Waals surface area contributed by atoms with Crippen LogP contribution in [0.1, 0.15) is 60.8 Å². The summed E-state index contributed by atoms with van der Waals surface area (Å²) in [7, 11) is 0. The summed E-state index contributed by atoms with van der Waals surface area (Å²) in [6, 6.07) is 0. The Morgan fingerprint density at radius 1 is 1.16 bits per heavy atom. The SMILES string of the molecule is CC(C)=CC[C@@H]1C(=O)C(C(=O)C(C)C)C(=O)C1(O)C(O)CCC(C)C. The molecule has 0 saturated heterocycles. The largest absolute Gasteiger partial charge is 0.390 e. The number of allylic oxidation sites excluding steroid dienone is 2. The Balaban J connectivity index is 3.27. The average Bonchev–Trinajstić information content (AvgIpc) is 2.69. The summed E-state index contributed by atoms with van der Waals surface area (Å²) in [4.78, 5) is 38.0. The molecule has 0 radical (unpaired) electrons. The van der Waals surface area contributed by atoms with Crippen LogP contribution in [0.15, 0.2) is 11.6 Å². The molecule has 5 nitrogen and oxygen atoms in total. The number of hydrogen-bond acceptors (Lipinski definition) is 5. The average molecular weight is 352 g/mol. The zero-order valence-corrected chi connectivity index (χ0v) is 16.2. The number of ketones is 3. The lowest BCUT2D eigenvalue weighted by Gasteiger charge is -2.32. The number of carbonyl (C=O) groups is 3. The molecule has 2 N–H and O–H groups in total. The normalized spacial score (nSPS) is 27.9. The molecule has 1 fully saturated rings. The first-order valence-corrected chi connectivity index (χ1v) is 9.10. The summed E-state index contributed by atoms with van der Waals surface area (Å²) in [5.74, 6) is -4.62. The minimum absolute atomic E-state index is 0.143. The summed E-state index contributed by atoms with van der Waals surface area (Å²) < 4.78 is 0. The fourth-order valence-corrected chi connectivity index (χ4v) is 3.31. The molecule has 0 aromatic rings. The molecule has 25 heavy (non-hydrogen) atoms. The van der Waals surface area contributed by atoms with E-state index in [9.17, 15) is 24.6 Å². The molecule has 0 amide bonds. The lowest BCUT2D eigenvalue weighted by molar-refractivity contribution is -0.157. The van der Waals surface area contributed by atoms with Crippen molar-refractivity contribution in [2.75, 3.05) is 0 Å². The van der Waals surface area contributed by atoms with Crippen molar-refractivity contribution < 1.29 is 24.6 Å². The van der Waals surface area contributed by atoms with Crippen LogP contribution in [0.5, 0.6) is 0 Å². The molecule has 0 aromatic heterocycles. The minimum atomic E-state index is -2.19. The molecule has 1 aliphatic carbocycles. The molecule has 1 aliphatic rings. The molecule has 3 unspecified atom stereocenters. The van der Waals surface area contributed by atoms with Gasteiger partial charge in [-0.2, -0.15) is 0 Å². The van der Waals surface area contributed by atoms with Crippen LogP contribution in [0.3, 0.4) is 0 Å². The number of aliphatic hydroxyl groups excluding tert-OH is 1. The van der Waals surface area contributed by atoms with Gasteiger partial charge in [-0.25, -0.2) is 0 Å². The molecule has 0 spiro atoms. The van der Waals surface area contributed by atoms with Crippen LogP contribution in [0.4, 0.5) is 0 Å².